The van der Waals surface area contributed by atoms with Gasteiger partial charge in [0.15, 0.2) is 5.65 Å². The van der Waals surface area contributed by atoms with Crippen molar-refractivity contribution in [3.05, 3.63) is 29.5 Å². The van der Waals surface area contributed by atoms with Crippen LogP contribution in [0.1, 0.15) is 36.4 Å². The van der Waals surface area contributed by atoms with Gasteiger partial charge in [-0.25, -0.2) is 9.67 Å². The van der Waals surface area contributed by atoms with Gasteiger partial charge in [-0.3, -0.25) is 0 Å². The Hall–Kier alpha value is -1.82. The second-order valence-electron chi connectivity index (χ2n) is 4.74. The Morgan fingerprint density at radius 2 is 2.25 bits per heavy atom. The third kappa shape index (κ3) is 2.00. The maximum absolute atomic E-state index is 6.27. The number of imidazole rings is 1. The standard InChI is InChI=1S/C13H16ClN5O/c1-4-19-13-11(9(3)16-19)15-12(8(2)14)18(13)7-10-5-6-20-17-10/h5-6,8H,4,7H2,1-3H3. The van der Waals surface area contributed by atoms with Gasteiger partial charge in [-0.05, 0) is 20.8 Å². The van der Waals surface area contributed by atoms with E-state index in [1.54, 1.807) is 6.26 Å². The van der Waals surface area contributed by atoms with Crippen molar-refractivity contribution in [1.29, 1.82) is 0 Å². The minimum absolute atomic E-state index is 0.181. The van der Waals surface area contributed by atoms with E-state index >= 15 is 0 Å². The van der Waals surface area contributed by atoms with Crippen molar-refractivity contribution in [2.75, 3.05) is 0 Å². The van der Waals surface area contributed by atoms with Crippen LogP contribution in [0.15, 0.2) is 16.9 Å². The predicted octanol–water partition coefficient (Wildman–Crippen LogP) is 2.90. The number of hydrogen-bond acceptors (Lipinski definition) is 4. The SMILES string of the molecule is CCn1nc(C)c2nc(C(C)Cl)n(Cc3ccon3)c21. The van der Waals surface area contributed by atoms with Crippen LogP contribution in [-0.4, -0.2) is 24.5 Å². The average molecular weight is 294 g/mol. The summed E-state index contributed by atoms with van der Waals surface area (Å²) < 4.78 is 8.91. The second kappa shape index (κ2) is 4.94. The average Bonchev–Trinajstić information content (AvgIpc) is 3.09. The molecule has 3 aromatic heterocycles. The van der Waals surface area contributed by atoms with Crippen molar-refractivity contribution in [3.63, 3.8) is 0 Å². The largest absolute Gasteiger partial charge is 0.364 e. The first-order valence-electron chi connectivity index (χ1n) is 6.58. The monoisotopic (exact) mass is 293 g/mol. The zero-order chi connectivity index (χ0) is 14.3. The molecular weight excluding hydrogens is 278 g/mol. The number of rotatable bonds is 4. The number of nitrogens with zero attached hydrogens (tertiary/aromatic N) is 5. The van der Waals surface area contributed by atoms with E-state index in [9.17, 15) is 0 Å². The number of alkyl halides is 1. The molecule has 0 saturated carbocycles. The molecule has 1 unspecified atom stereocenters. The van der Waals surface area contributed by atoms with Crippen LogP contribution in [0.5, 0.6) is 0 Å². The third-order valence-corrected chi connectivity index (χ3v) is 3.49. The van der Waals surface area contributed by atoms with Gasteiger partial charge in [-0.2, -0.15) is 5.10 Å². The van der Waals surface area contributed by atoms with Crippen LogP contribution >= 0.6 is 11.6 Å². The zero-order valence-electron chi connectivity index (χ0n) is 11.7. The summed E-state index contributed by atoms with van der Waals surface area (Å²) in [5.41, 5.74) is 3.64. The second-order valence-corrected chi connectivity index (χ2v) is 5.39. The van der Waals surface area contributed by atoms with Crippen molar-refractivity contribution < 1.29 is 4.52 Å². The van der Waals surface area contributed by atoms with E-state index in [1.807, 2.05) is 24.6 Å². The van der Waals surface area contributed by atoms with E-state index in [1.165, 1.54) is 0 Å². The quantitative estimate of drug-likeness (QED) is 0.694. The molecular formula is C13H16ClN5O. The number of halogens is 1. The van der Waals surface area contributed by atoms with Crippen molar-refractivity contribution in [2.45, 2.75) is 39.2 Å². The van der Waals surface area contributed by atoms with Crippen LogP contribution in [0.2, 0.25) is 0 Å². The molecule has 0 aliphatic rings. The lowest BCUT2D eigenvalue weighted by molar-refractivity contribution is 0.409. The third-order valence-electron chi connectivity index (χ3n) is 3.29. The van der Waals surface area contributed by atoms with Crippen molar-refractivity contribution in [3.8, 4) is 0 Å². The van der Waals surface area contributed by atoms with Gasteiger partial charge >= 0.3 is 0 Å². The molecule has 3 rings (SSSR count). The summed E-state index contributed by atoms with van der Waals surface area (Å²) in [6.07, 6.45) is 1.57. The molecule has 0 aliphatic heterocycles. The van der Waals surface area contributed by atoms with E-state index in [-0.39, 0.29) is 5.38 Å². The summed E-state index contributed by atoms with van der Waals surface area (Å²) in [5, 5.41) is 8.29. The predicted molar refractivity (Wildman–Crippen MR) is 75.8 cm³/mol. The van der Waals surface area contributed by atoms with Gasteiger partial charge in [0, 0.05) is 12.6 Å². The van der Waals surface area contributed by atoms with Gasteiger partial charge in [0.05, 0.1) is 17.6 Å². The molecule has 0 radical (unpaired) electrons. The van der Waals surface area contributed by atoms with Crippen LogP contribution in [0.3, 0.4) is 0 Å². The van der Waals surface area contributed by atoms with Crippen LogP contribution in [0.25, 0.3) is 11.2 Å². The molecule has 0 aliphatic carbocycles. The summed E-state index contributed by atoms with van der Waals surface area (Å²) >= 11 is 6.27. The van der Waals surface area contributed by atoms with Crippen LogP contribution in [0, 0.1) is 6.92 Å². The molecule has 0 aromatic carbocycles. The molecule has 0 spiro atoms. The lowest BCUT2D eigenvalue weighted by Crippen LogP contribution is -2.10. The Kier molecular flexibility index (Phi) is 3.25. The molecule has 0 bridgehead atoms. The molecule has 0 N–H and O–H groups in total. The van der Waals surface area contributed by atoms with Crippen LogP contribution in [0.4, 0.5) is 0 Å². The Bertz CT molecular complexity index is 726. The molecule has 0 saturated heterocycles. The van der Waals surface area contributed by atoms with Gasteiger partial charge in [0.2, 0.25) is 0 Å². The molecule has 106 valence electrons. The van der Waals surface area contributed by atoms with Gasteiger partial charge in [-0.15, -0.1) is 11.6 Å². The fourth-order valence-corrected chi connectivity index (χ4v) is 2.57. The molecule has 20 heavy (non-hydrogen) atoms. The topological polar surface area (TPSA) is 61.7 Å². The molecule has 0 fully saturated rings. The molecule has 1 atom stereocenters. The summed E-state index contributed by atoms with van der Waals surface area (Å²) in [5.74, 6) is 0.826. The van der Waals surface area contributed by atoms with E-state index in [0.29, 0.717) is 6.54 Å². The maximum atomic E-state index is 6.27. The van der Waals surface area contributed by atoms with E-state index in [2.05, 4.69) is 26.7 Å². The Labute approximate surface area is 121 Å². The van der Waals surface area contributed by atoms with E-state index in [0.717, 1.165) is 34.9 Å². The maximum Gasteiger partial charge on any atom is 0.159 e. The minimum atomic E-state index is -0.181. The highest BCUT2D eigenvalue weighted by molar-refractivity contribution is 6.20. The van der Waals surface area contributed by atoms with Gasteiger partial charge < -0.3 is 9.09 Å². The summed E-state index contributed by atoms with van der Waals surface area (Å²) in [7, 11) is 0. The summed E-state index contributed by atoms with van der Waals surface area (Å²) in [4.78, 5) is 4.65. The minimum Gasteiger partial charge on any atom is -0.364 e. The smallest absolute Gasteiger partial charge is 0.159 e. The fraction of sp³-hybridized carbons (Fsp3) is 0.462. The van der Waals surface area contributed by atoms with E-state index < -0.39 is 0 Å². The molecule has 7 heteroatoms. The molecule has 6 nitrogen and oxygen atoms in total. The lowest BCUT2D eigenvalue weighted by atomic mass is 10.4. The fourth-order valence-electron chi connectivity index (χ4n) is 2.40. The Morgan fingerprint density at radius 1 is 1.45 bits per heavy atom. The lowest BCUT2D eigenvalue weighted by Gasteiger charge is -2.10. The molecule has 0 amide bonds. The van der Waals surface area contributed by atoms with E-state index in [4.69, 9.17) is 16.1 Å². The van der Waals surface area contributed by atoms with Crippen LogP contribution in [-0.2, 0) is 13.1 Å². The first kappa shape index (κ1) is 13.2. The highest BCUT2D eigenvalue weighted by Crippen LogP contribution is 2.27. The Balaban J connectivity index is 2.22. The highest BCUT2D eigenvalue weighted by atomic mass is 35.5. The van der Waals surface area contributed by atoms with Gasteiger partial charge in [-0.1, -0.05) is 5.16 Å². The number of hydrogen-bond donors (Lipinski definition) is 0. The van der Waals surface area contributed by atoms with Gasteiger partial charge in [0.25, 0.3) is 0 Å². The van der Waals surface area contributed by atoms with Crippen LogP contribution < -0.4 is 0 Å². The summed E-state index contributed by atoms with van der Waals surface area (Å²) in [6, 6.07) is 1.84. The van der Waals surface area contributed by atoms with Crippen molar-refractivity contribution in [2.24, 2.45) is 0 Å². The van der Waals surface area contributed by atoms with Crippen molar-refractivity contribution in [1.82, 2.24) is 24.5 Å². The normalized spacial score (nSPS) is 13.2. The zero-order valence-corrected chi connectivity index (χ0v) is 12.4. The number of aromatic nitrogens is 5. The Morgan fingerprint density at radius 3 is 2.85 bits per heavy atom. The number of aryl methyl sites for hydroxylation is 2. The first-order valence-corrected chi connectivity index (χ1v) is 7.02. The molecule has 3 aromatic rings. The van der Waals surface area contributed by atoms with Crippen molar-refractivity contribution >= 4 is 22.8 Å². The summed E-state index contributed by atoms with van der Waals surface area (Å²) in [6.45, 7) is 7.30. The first-order chi connectivity index (χ1) is 9.61. The molecule has 3 heterocycles. The highest BCUT2D eigenvalue weighted by Gasteiger charge is 2.21. The number of fused-ring (bicyclic) bond motifs is 1. The van der Waals surface area contributed by atoms with Gasteiger partial charge in [0.1, 0.15) is 23.3 Å².